The highest BCUT2D eigenvalue weighted by Gasteiger charge is 2.24. The van der Waals surface area contributed by atoms with Crippen LogP contribution in [0.2, 0.25) is 0 Å². The monoisotopic (exact) mass is 299 g/mol. The summed E-state index contributed by atoms with van der Waals surface area (Å²) in [4.78, 5) is 13.6. The highest BCUT2D eigenvalue weighted by molar-refractivity contribution is 5.85. The number of likely N-dealkylation sites (tertiary alicyclic amines) is 1. The van der Waals surface area contributed by atoms with Gasteiger partial charge >= 0.3 is 6.09 Å². The van der Waals surface area contributed by atoms with Gasteiger partial charge in [-0.3, -0.25) is 0 Å². The number of nitrogens with zero attached hydrogens (tertiary/aromatic N) is 1. The number of aliphatic hydroxyl groups excluding tert-OH is 1. The second-order valence-electron chi connectivity index (χ2n) is 5.15. The van der Waals surface area contributed by atoms with Crippen LogP contribution in [0.5, 0.6) is 0 Å². The Balaban J connectivity index is 0.00000200. The fourth-order valence-electron chi connectivity index (χ4n) is 2.23. The fourth-order valence-corrected chi connectivity index (χ4v) is 2.23. The number of benzene rings is 1. The van der Waals surface area contributed by atoms with Crippen molar-refractivity contribution in [3.05, 3.63) is 35.9 Å². The number of halogens is 1. The van der Waals surface area contributed by atoms with E-state index in [-0.39, 0.29) is 30.5 Å². The predicted octanol–water partition coefficient (Wildman–Crippen LogP) is 2.84. The zero-order valence-corrected chi connectivity index (χ0v) is 12.5. The standard InChI is InChI=1S/C15H21NO3.ClH/c1-12-7-9-16(10-8-14(12)17)15(18)19-11-13-5-3-2-4-6-13;/h2-6,12,14,17H,7-11H2,1H3;1H. The molecule has 1 heterocycles. The molecule has 0 spiro atoms. The van der Waals surface area contributed by atoms with Crippen LogP contribution in [0.3, 0.4) is 0 Å². The molecule has 0 saturated carbocycles. The van der Waals surface area contributed by atoms with E-state index in [2.05, 4.69) is 0 Å². The lowest BCUT2D eigenvalue weighted by Crippen LogP contribution is -2.32. The molecule has 2 atom stereocenters. The van der Waals surface area contributed by atoms with Gasteiger partial charge in [-0.15, -0.1) is 12.4 Å². The molecule has 0 aliphatic carbocycles. The molecule has 1 aliphatic heterocycles. The summed E-state index contributed by atoms with van der Waals surface area (Å²) in [5.41, 5.74) is 0.985. The number of hydrogen-bond donors (Lipinski definition) is 1. The number of ether oxygens (including phenoxy) is 1. The summed E-state index contributed by atoms with van der Waals surface area (Å²) in [6, 6.07) is 9.65. The molecular weight excluding hydrogens is 278 g/mol. The maximum absolute atomic E-state index is 12.0. The summed E-state index contributed by atoms with van der Waals surface area (Å²) >= 11 is 0. The molecule has 1 fully saturated rings. The van der Waals surface area contributed by atoms with E-state index in [1.807, 2.05) is 37.3 Å². The first-order valence-electron chi connectivity index (χ1n) is 6.80. The molecule has 1 N–H and O–H groups in total. The minimum atomic E-state index is -0.313. The van der Waals surface area contributed by atoms with Gasteiger partial charge in [0.2, 0.25) is 0 Å². The topological polar surface area (TPSA) is 49.8 Å². The van der Waals surface area contributed by atoms with Gasteiger partial charge in [0, 0.05) is 13.1 Å². The average Bonchev–Trinajstić information content (AvgIpc) is 2.60. The molecule has 112 valence electrons. The summed E-state index contributed by atoms with van der Waals surface area (Å²) in [7, 11) is 0. The van der Waals surface area contributed by atoms with Crippen LogP contribution in [0, 0.1) is 5.92 Å². The van der Waals surface area contributed by atoms with Crippen molar-refractivity contribution in [3.63, 3.8) is 0 Å². The molecule has 2 unspecified atom stereocenters. The van der Waals surface area contributed by atoms with E-state index >= 15 is 0 Å². The van der Waals surface area contributed by atoms with Crippen LogP contribution in [0.4, 0.5) is 4.79 Å². The van der Waals surface area contributed by atoms with Crippen molar-refractivity contribution < 1.29 is 14.6 Å². The summed E-state index contributed by atoms with van der Waals surface area (Å²) in [6.45, 7) is 3.54. The Bertz CT molecular complexity index is 401. The lowest BCUT2D eigenvalue weighted by molar-refractivity contribution is 0.0936. The lowest BCUT2D eigenvalue weighted by Gasteiger charge is -2.19. The van der Waals surface area contributed by atoms with Crippen LogP contribution in [0.15, 0.2) is 30.3 Å². The van der Waals surface area contributed by atoms with Gasteiger partial charge in [-0.2, -0.15) is 0 Å². The van der Waals surface area contributed by atoms with Crippen molar-refractivity contribution in [1.29, 1.82) is 0 Å². The van der Waals surface area contributed by atoms with E-state index in [0.717, 1.165) is 12.0 Å². The molecule has 1 aliphatic rings. The van der Waals surface area contributed by atoms with Gasteiger partial charge in [0.05, 0.1) is 6.10 Å². The maximum Gasteiger partial charge on any atom is 0.410 e. The Labute approximate surface area is 126 Å². The van der Waals surface area contributed by atoms with E-state index in [4.69, 9.17) is 4.74 Å². The van der Waals surface area contributed by atoms with Crippen molar-refractivity contribution in [2.45, 2.75) is 32.5 Å². The molecule has 1 amide bonds. The van der Waals surface area contributed by atoms with E-state index < -0.39 is 0 Å². The van der Waals surface area contributed by atoms with E-state index in [1.165, 1.54) is 0 Å². The average molecular weight is 300 g/mol. The molecule has 4 nitrogen and oxygen atoms in total. The van der Waals surface area contributed by atoms with Gasteiger partial charge in [0.25, 0.3) is 0 Å². The molecule has 2 rings (SSSR count). The van der Waals surface area contributed by atoms with Crippen molar-refractivity contribution >= 4 is 18.5 Å². The van der Waals surface area contributed by atoms with Crippen molar-refractivity contribution in [3.8, 4) is 0 Å². The molecule has 1 aromatic rings. The number of amides is 1. The number of carbonyl (C=O) groups is 1. The molecule has 1 aromatic carbocycles. The third-order valence-electron chi connectivity index (χ3n) is 3.67. The van der Waals surface area contributed by atoms with Gasteiger partial charge in [0.1, 0.15) is 6.61 Å². The van der Waals surface area contributed by atoms with Crippen LogP contribution in [0.1, 0.15) is 25.3 Å². The maximum atomic E-state index is 12.0. The van der Waals surface area contributed by atoms with Crippen LogP contribution >= 0.6 is 12.4 Å². The zero-order chi connectivity index (χ0) is 13.7. The Kier molecular flexibility index (Phi) is 6.82. The first kappa shape index (κ1) is 16.8. The van der Waals surface area contributed by atoms with Gasteiger partial charge in [0.15, 0.2) is 0 Å². The first-order chi connectivity index (χ1) is 9.16. The summed E-state index contributed by atoms with van der Waals surface area (Å²) in [5, 5.41) is 9.79. The van der Waals surface area contributed by atoms with E-state index in [9.17, 15) is 9.90 Å². The minimum absolute atomic E-state index is 0. The molecule has 0 radical (unpaired) electrons. The second-order valence-corrected chi connectivity index (χ2v) is 5.15. The lowest BCUT2D eigenvalue weighted by atomic mass is 10.0. The first-order valence-corrected chi connectivity index (χ1v) is 6.80. The minimum Gasteiger partial charge on any atom is -0.445 e. The number of hydrogen-bond acceptors (Lipinski definition) is 3. The summed E-state index contributed by atoms with van der Waals surface area (Å²) < 4.78 is 5.30. The van der Waals surface area contributed by atoms with Gasteiger partial charge in [-0.25, -0.2) is 4.79 Å². The Hall–Kier alpha value is -1.26. The van der Waals surface area contributed by atoms with Crippen LogP contribution in [-0.2, 0) is 11.3 Å². The summed E-state index contributed by atoms with van der Waals surface area (Å²) in [6.07, 6.45) is 0.848. The molecule has 5 heteroatoms. The molecule has 0 aromatic heterocycles. The van der Waals surface area contributed by atoms with E-state index in [0.29, 0.717) is 26.1 Å². The number of aliphatic hydroxyl groups is 1. The van der Waals surface area contributed by atoms with Gasteiger partial charge in [-0.1, -0.05) is 37.3 Å². The number of carbonyl (C=O) groups excluding carboxylic acids is 1. The largest absolute Gasteiger partial charge is 0.445 e. The Morgan fingerprint density at radius 3 is 2.65 bits per heavy atom. The molecule has 1 saturated heterocycles. The second kappa shape index (κ2) is 8.12. The predicted molar refractivity (Wildman–Crippen MR) is 79.9 cm³/mol. The van der Waals surface area contributed by atoms with Crippen molar-refractivity contribution in [2.75, 3.05) is 13.1 Å². The van der Waals surface area contributed by atoms with Crippen molar-refractivity contribution in [2.24, 2.45) is 5.92 Å². The smallest absolute Gasteiger partial charge is 0.410 e. The molecule has 20 heavy (non-hydrogen) atoms. The van der Waals surface area contributed by atoms with Gasteiger partial charge in [-0.05, 0) is 24.3 Å². The van der Waals surface area contributed by atoms with Crippen LogP contribution in [0.25, 0.3) is 0 Å². The number of rotatable bonds is 2. The third kappa shape index (κ3) is 4.69. The Morgan fingerprint density at radius 2 is 1.95 bits per heavy atom. The zero-order valence-electron chi connectivity index (χ0n) is 11.7. The third-order valence-corrected chi connectivity index (χ3v) is 3.67. The van der Waals surface area contributed by atoms with Crippen LogP contribution < -0.4 is 0 Å². The fraction of sp³-hybridized carbons (Fsp3) is 0.533. The SMILES string of the molecule is CC1CCN(C(=O)OCc2ccccc2)CCC1O.Cl. The summed E-state index contributed by atoms with van der Waals surface area (Å²) in [5.74, 6) is 0.243. The molecular formula is C15H22ClNO3. The quantitative estimate of drug-likeness (QED) is 0.913. The van der Waals surface area contributed by atoms with Crippen LogP contribution in [-0.4, -0.2) is 35.3 Å². The molecule has 0 bridgehead atoms. The normalized spacial score (nSPS) is 22.6. The highest BCUT2D eigenvalue weighted by Crippen LogP contribution is 2.18. The van der Waals surface area contributed by atoms with Crippen molar-refractivity contribution in [1.82, 2.24) is 4.90 Å². The van der Waals surface area contributed by atoms with Gasteiger partial charge < -0.3 is 14.7 Å². The highest BCUT2D eigenvalue weighted by atomic mass is 35.5. The Morgan fingerprint density at radius 1 is 1.30 bits per heavy atom. The van der Waals surface area contributed by atoms with E-state index in [1.54, 1.807) is 4.90 Å².